The van der Waals surface area contributed by atoms with Gasteiger partial charge >= 0.3 is 0 Å². The molecule has 0 radical (unpaired) electrons. The van der Waals surface area contributed by atoms with Gasteiger partial charge in [-0.1, -0.05) is 0 Å². The number of benzene rings is 1. The number of likely N-dealkylation sites (N-methyl/N-ethyl adjacent to an activating group) is 1. The highest BCUT2D eigenvalue weighted by Crippen LogP contribution is 2.38. The molecule has 3 rings (SSSR count). The quantitative estimate of drug-likeness (QED) is 0.874. The van der Waals surface area contributed by atoms with Crippen LogP contribution >= 0.6 is 0 Å². The molecule has 1 aromatic carbocycles. The van der Waals surface area contributed by atoms with Gasteiger partial charge in [0.25, 0.3) is 0 Å². The zero-order chi connectivity index (χ0) is 12.5. The first-order chi connectivity index (χ1) is 8.74. The van der Waals surface area contributed by atoms with E-state index < -0.39 is 0 Å². The molecular formula is C14H21N3O. The van der Waals surface area contributed by atoms with Crippen molar-refractivity contribution < 1.29 is 4.74 Å². The summed E-state index contributed by atoms with van der Waals surface area (Å²) < 4.78 is 5.80. The Morgan fingerprint density at radius 1 is 1.39 bits per heavy atom. The van der Waals surface area contributed by atoms with Crippen LogP contribution in [0.1, 0.15) is 5.56 Å². The Kier molecular flexibility index (Phi) is 3.04. The Bertz CT molecular complexity index is 445. The van der Waals surface area contributed by atoms with Gasteiger partial charge in [-0.15, -0.1) is 0 Å². The maximum atomic E-state index is 5.80. The molecule has 0 unspecified atom stereocenters. The SMILES string of the molecule is CN(C)CCN1CCOc2cc3c(cc21)NCC3. The van der Waals surface area contributed by atoms with Crippen molar-refractivity contribution in [3.8, 4) is 5.75 Å². The topological polar surface area (TPSA) is 27.7 Å². The monoisotopic (exact) mass is 247 g/mol. The van der Waals surface area contributed by atoms with E-state index in [0.29, 0.717) is 0 Å². The minimum Gasteiger partial charge on any atom is -0.490 e. The van der Waals surface area contributed by atoms with Crippen molar-refractivity contribution >= 4 is 11.4 Å². The van der Waals surface area contributed by atoms with Crippen molar-refractivity contribution in [2.75, 3.05) is 57.1 Å². The Hall–Kier alpha value is -1.42. The average molecular weight is 247 g/mol. The van der Waals surface area contributed by atoms with Crippen LogP contribution in [0.25, 0.3) is 0 Å². The molecule has 2 aliphatic rings. The summed E-state index contributed by atoms with van der Waals surface area (Å²) in [6, 6.07) is 4.47. The fourth-order valence-corrected chi connectivity index (χ4v) is 2.62. The molecule has 18 heavy (non-hydrogen) atoms. The van der Waals surface area contributed by atoms with E-state index in [2.05, 4.69) is 41.3 Å². The fourth-order valence-electron chi connectivity index (χ4n) is 2.62. The highest BCUT2D eigenvalue weighted by molar-refractivity contribution is 5.72. The van der Waals surface area contributed by atoms with Crippen molar-refractivity contribution in [2.45, 2.75) is 6.42 Å². The molecule has 98 valence electrons. The van der Waals surface area contributed by atoms with Crippen LogP contribution < -0.4 is 15.0 Å². The summed E-state index contributed by atoms with van der Waals surface area (Å²) in [6.45, 7) is 4.97. The second kappa shape index (κ2) is 4.69. The Morgan fingerprint density at radius 3 is 3.11 bits per heavy atom. The molecule has 0 spiro atoms. The molecule has 0 aliphatic carbocycles. The van der Waals surface area contributed by atoms with E-state index in [1.807, 2.05) is 0 Å². The van der Waals surface area contributed by atoms with Gasteiger partial charge in [-0.3, -0.25) is 0 Å². The molecule has 0 bridgehead atoms. The van der Waals surface area contributed by atoms with E-state index in [4.69, 9.17) is 4.74 Å². The predicted molar refractivity (Wildman–Crippen MR) is 74.9 cm³/mol. The van der Waals surface area contributed by atoms with Crippen LogP contribution in [0, 0.1) is 0 Å². The third-order valence-corrected chi connectivity index (χ3v) is 3.67. The van der Waals surface area contributed by atoms with Crippen LogP contribution in [0.4, 0.5) is 11.4 Å². The van der Waals surface area contributed by atoms with Crippen molar-refractivity contribution in [2.24, 2.45) is 0 Å². The lowest BCUT2D eigenvalue weighted by molar-refractivity contribution is 0.302. The summed E-state index contributed by atoms with van der Waals surface area (Å²) in [5, 5.41) is 3.44. The van der Waals surface area contributed by atoms with E-state index in [0.717, 1.165) is 45.0 Å². The fraction of sp³-hybridized carbons (Fsp3) is 0.571. The van der Waals surface area contributed by atoms with Crippen molar-refractivity contribution in [1.29, 1.82) is 0 Å². The third kappa shape index (κ3) is 2.12. The highest BCUT2D eigenvalue weighted by atomic mass is 16.5. The zero-order valence-corrected chi connectivity index (χ0v) is 11.2. The number of ether oxygens (including phenoxy) is 1. The first-order valence-electron chi connectivity index (χ1n) is 6.67. The minimum atomic E-state index is 0.798. The zero-order valence-electron chi connectivity index (χ0n) is 11.2. The molecule has 1 aromatic rings. The Labute approximate surface area is 109 Å². The summed E-state index contributed by atoms with van der Waals surface area (Å²) in [5.74, 6) is 1.06. The lowest BCUT2D eigenvalue weighted by atomic mass is 10.1. The second-order valence-corrected chi connectivity index (χ2v) is 5.29. The molecule has 0 amide bonds. The lowest BCUT2D eigenvalue weighted by Gasteiger charge is -2.32. The molecule has 2 heterocycles. The number of hydrogen-bond acceptors (Lipinski definition) is 4. The van der Waals surface area contributed by atoms with Gasteiger partial charge in [0.05, 0.1) is 12.2 Å². The number of rotatable bonds is 3. The second-order valence-electron chi connectivity index (χ2n) is 5.29. The third-order valence-electron chi connectivity index (χ3n) is 3.67. The number of hydrogen-bond donors (Lipinski definition) is 1. The van der Waals surface area contributed by atoms with Gasteiger partial charge in [0.1, 0.15) is 12.4 Å². The molecule has 0 fully saturated rings. The average Bonchev–Trinajstić information content (AvgIpc) is 2.80. The molecule has 0 saturated carbocycles. The largest absolute Gasteiger partial charge is 0.490 e. The van der Waals surface area contributed by atoms with Crippen molar-refractivity contribution in [1.82, 2.24) is 4.90 Å². The number of fused-ring (bicyclic) bond motifs is 2. The van der Waals surface area contributed by atoms with Gasteiger partial charge in [0.2, 0.25) is 0 Å². The number of anilines is 2. The van der Waals surface area contributed by atoms with Gasteiger partial charge < -0.3 is 19.9 Å². The number of nitrogens with one attached hydrogen (secondary N) is 1. The maximum Gasteiger partial charge on any atom is 0.143 e. The summed E-state index contributed by atoms with van der Waals surface area (Å²) >= 11 is 0. The molecule has 0 saturated heterocycles. The lowest BCUT2D eigenvalue weighted by Crippen LogP contribution is -2.37. The molecule has 4 nitrogen and oxygen atoms in total. The Morgan fingerprint density at radius 2 is 2.28 bits per heavy atom. The molecule has 1 N–H and O–H groups in total. The predicted octanol–water partition coefficient (Wildman–Crippen LogP) is 1.41. The van der Waals surface area contributed by atoms with Gasteiger partial charge in [0, 0.05) is 25.3 Å². The van der Waals surface area contributed by atoms with Gasteiger partial charge in [-0.2, -0.15) is 0 Å². The van der Waals surface area contributed by atoms with Crippen molar-refractivity contribution in [3.63, 3.8) is 0 Å². The van der Waals surface area contributed by atoms with Gasteiger partial charge in [0.15, 0.2) is 0 Å². The van der Waals surface area contributed by atoms with Crippen LogP contribution in [-0.4, -0.2) is 51.8 Å². The summed E-state index contributed by atoms with van der Waals surface area (Å²) in [7, 11) is 4.23. The van der Waals surface area contributed by atoms with Crippen LogP contribution in [0.3, 0.4) is 0 Å². The first-order valence-corrected chi connectivity index (χ1v) is 6.67. The first kappa shape index (κ1) is 11.7. The molecule has 2 aliphatic heterocycles. The summed E-state index contributed by atoms with van der Waals surface area (Å²) in [5.41, 5.74) is 3.92. The molecule has 0 atom stereocenters. The summed E-state index contributed by atoms with van der Waals surface area (Å²) in [6.07, 6.45) is 1.11. The normalized spacial score (nSPS) is 17.2. The maximum absolute atomic E-state index is 5.80. The van der Waals surface area contributed by atoms with Crippen LogP contribution in [-0.2, 0) is 6.42 Å². The summed E-state index contributed by atoms with van der Waals surface area (Å²) in [4.78, 5) is 4.65. The minimum absolute atomic E-state index is 0.798. The van der Waals surface area contributed by atoms with Gasteiger partial charge in [-0.05, 0) is 38.2 Å². The van der Waals surface area contributed by atoms with Crippen LogP contribution in [0.5, 0.6) is 5.75 Å². The molecular weight excluding hydrogens is 226 g/mol. The number of nitrogens with zero attached hydrogens (tertiary/aromatic N) is 2. The van der Waals surface area contributed by atoms with E-state index in [1.165, 1.54) is 16.9 Å². The Balaban J connectivity index is 1.85. The smallest absolute Gasteiger partial charge is 0.143 e. The standard InChI is InChI=1S/C14H21N3O/c1-16(2)5-6-17-7-8-18-14-9-11-3-4-15-12(11)10-13(14)17/h9-10,15H,3-8H2,1-2H3. The van der Waals surface area contributed by atoms with E-state index in [9.17, 15) is 0 Å². The molecule has 0 aromatic heterocycles. The van der Waals surface area contributed by atoms with E-state index in [-0.39, 0.29) is 0 Å². The highest BCUT2D eigenvalue weighted by Gasteiger charge is 2.22. The van der Waals surface area contributed by atoms with Crippen LogP contribution in [0.15, 0.2) is 12.1 Å². The van der Waals surface area contributed by atoms with E-state index in [1.54, 1.807) is 0 Å². The molecule has 4 heteroatoms. The van der Waals surface area contributed by atoms with Crippen molar-refractivity contribution in [3.05, 3.63) is 17.7 Å². The van der Waals surface area contributed by atoms with Crippen LogP contribution in [0.2, 0.25) is 0 Å². The van der Waals surface area contributed by atoms with Gasteiger partial charge in [-0.25, -0.2) is 0 Å². The van der Waals surface area contributed by atoms with E-state index >= 15 is 0 Å².